The predicted molar refractivity (Wildman–Crippen MR) is 83.8 cm³/mol. The number of carbonyl (C=O) groups excluding carboxylic acids is 2. The predicted octanol–water partition coefficient (Wildman–Crippen LogP) is 2.02. The van der Waals surface area contributed by atoms with Gasteiger partial charge in [0, 0.05) is 6.07 Å². The van der Waals surface area contributed by atoms with Gasteiger partial charge in [0.1, 0.15) is 17.8 Å². The molecule has 0 aliphatic carbocycles. The number of nitrogens with one attached hydrogen (secondary N) is 1. The monoisotopic (exact) mass is 334 g/mol. The van der Waals surface area contributed by atoms with Gasteiger partial charge >= 0.3 is 5.97 Å². The highest BCUT2D eigenvalue weighted by atomic mass is 16.5. The molecule has 8 heteroatoms. The van der Waals surface area contributed by atoms with Crippen LogP contribution in [0.1, 0.15) is 13.3 Å². The van der Waals surface area contributed by atoms with Crippen molar-refractivity contribution in [3.63, 3.8) is 0 Å². The van der Waals surface area contributed by atoms with Gasteiger partial charge in [-0.05, 0) is 31.2 Å². The molecule has 0 saturated heterocycles. The molecule has 0 unspecified atom stereocenters. The highest BCUT2D eigenvalue weighted by Crippen LogP contribution is 2.17. The van der Waals surface area contributed by atoms with E-state index in [1.165, 1.54) is 12.3 Å². The second-order valence-electron chi connectivity index (χ2n) is 4.60. The number of nitrogens with zero attached hydrogens (tertiary/aromatic N) is 1. The Morgan fingerprint density at radius 1 is 1.12 bits per heavy atom. The van der Waals surface area contributed by atoms with Crippen molar-refractivity contribution in [1.82, 2.24) is 5.16 Å². The summed E-state index contributed by atoms with van der Waals surface area (Å²) in [5.41, 5.74) is 0. The molecule has 24 heavy (non-hydrogen) atoms. The highest BCUT2D eigenvalue weighted by Gasteiger charge is 2.09. The molecule has 0 fully saturated rings. The average Bonchev–Trinajstić information content (AvgIpc) is 3.08. The molecule has 0 bridgehead atoms. The van der Waals surface area contributed by atoms with Crippen LogP contribution in [0.4, 0.5) is 5.82 Å². The zero-order chi connectivity index (χ0) is 17.2. The number of rotatable bonds is 9. The summed E-state index contributed by atoms with van der Waals surface area (Å²) < 4.78 is 20.1. The number of esters is 1. The van der Waals surface area contributed by atoms with E-state index in [-0.39, 0.29) is 18.8 Å². The van der Waals surface area contributed by atoms with Crippen molar-refractivity contribution in [3.05, 3.63) is 36.6 Å². The molecule has 2 rings (SSSR count). The Labute approximate surface area is 138 Å². The summed E-state index contributed by atoms with van der Waals surface area (Å²) in [6.07, 6.45) is 1.35. The molecule has 0 saturated carbocycles. The summed E-state index contributed by atoms with van der Waals surface area (Å²) in [7, 11) is 0. The second kappa shape index (κ2) is 9.19. The number of carbonyl (C=O) groups is 2. The van der Waals surface area contributed by atoms with Crippen LogP contribution in [0, 0.1) is 0 Å². The van der Waals surface area contributed by atoms with E-state index in [1.54, 1.807) is 24.3 Å². The molecular formula is C16H18N2O6. The van der Waals surface area contributed by atoms with Gasteiger partial charge in [0.25, 0.3) is 5.91 Å². The molecule has 1 amide bonds. The Kier molecular flexibility index (Phi) is 6.63. The zero-order valence-electron chi connectivity index (χ0n) is 13.2. The third-order valence-corrected chi connectivity index (χ3v) is 2.78. The molecule has 128 valence electrons. The normalized spacial score (nSPS) is 10.0. The molecular weight excluding hydrogens is 316 g/mol. The third-order valence-electron chi connectivity index (χ3n) is 2.78. The van der Waals surface area contributed by atoms with Crippen LogP contribution in [0.2, 0.25) is 0 Å². The molecule has 1 N–H and O–H groups in total. The minimum absolute atomic E-state index is 0.0322. The molecule has 2 aromatic rings. The number of ether oxygens (including phenoxy) is 3. The van der Waals surface area contributed by atoms with Crippen LogP contribution < -0.4 is 14.8 Å². The van der Waals surface area contributed by atoms with Crippen molar-refractivity contribution in [2.75, 3.05) is 25.1 Å². The van der Waals surface area contributed by atoms with Gasteiger partial charge in [0.05, 0.1) is 19.6 Å². The summed E-state index contributed by atoms with van der Waals surface area (Å²) in [5, 5.41) is 5.92. The molecule has 0 aliphatic rings. The minimum Gasteiger partial charge on any atom is -0.494 e. The lowest BCUT2D eigenvalue weighted by Gasteiger charge is -2.08. The van der Waals surface area contributed by atoms with Crippen LogP contribution in [0.5, 0.6) is 11.5 Å². The fourth-order valence-corrected chi connectivity index (χ4v) is 1.73. The Bertz CT molecular complexity index is 639. The molecule has 0 aliphatic heterocycles. The zero-order valence-corrected chi connectivity index (χ0v) is 13.2. The number of hydrogen-bond donors (Lipinski definition) is 1. The minimum atomic E-state index is -0.531. The van der Waals surface area contributed by atoms with Gasteiger partial charge in [-0.25, -0.2) is 0 Å². The number of anilines is 1. The Morgan fingerprint density at radius 3 is 2.46 bits per heavy atom. The first-order valence-electron chi connectivity index (χ1n) is 7.39. The van der Waals surface area contributed by atoms with E-state index in [9.17, 15) is 9.59 Å². The fraction of sp³-hybridized carbons (Fsp3) is 0.312. The molecule has 0 spiro atoms. The lowest BCUT2D eigenvalue weighted by Crippen LogP contribution is -2.21. The van der Waals surface area contributed by atoms with E-state index in [0.717, 1.165) is 5.75 Å². The van der Waals surface area contributed by atoms with Crippen LogP contribution >= 0.6 is 0 Å². The summed E-state index contributed by atoms with van der Waals surface area (Å²) in [6.45, 7) is 2.25. The van der Waals surface area contributed by atoms with Crippen molar-refractivity contribution in [2.24, 2.45) is 0 Å². The third kappa shape index (κ3) is 5.99. The Hall–Kier alpha value is -3.03. The van der Waals surface area contributed by atoms with Crippen LogP contribution in [0.25, 0.3) is 0 Å². The molecule has 8 nitrogen and oxygen atoms in total. The maximum absolute atomic E-state index is 11.5. The van der Waals surface area contributed by atoms with Gasteiger partial charge in [0.15, 0.2) is 12.4 Å². The first-order valence-corrected chi connectivity index (χ1v) is 7.39. The largest absolute Gasteiger partial charge is 0.494 e. The molecule has 1 aromatic carbocycles. The van der Waals surface area contributed by atoms with Gasteiger partial charge in [-0.15, -0.1) is 0 Å². The van der Waals surface area contributed by atoms with Gasteiger partial charge in [-0.1, -0.05) is 5.16 Å². The molecule has 1 heterocycles. The first kappa shape index (κ1) is 17.3. The lowest BCUT2D eigenvalue weighted by molar-refractivity contribution is -0.147. The molecule has 0 radical (unpaired) electrons. The van der Waals surface area contributed by atoms with Gasteiger partial charge in [-0.2, -0.15) is 0 Å². The topological polar surface area (TPSA) is 99.9 Å². The summed E-state index contributed by atoms with van der Waals surface area (Å²) in [6, 6.07) is 8.55. The van der Waals surface area contributed by atoms with Gasteiger partial charge < -0.3 is 24.1 Å². The van der Waals surface area contributed by atoms with E-state index in [0.29, 0.717) is 12.4 Å². The highest BCUT2D eigenvalue weighted by molar-refractivity contribution is 5.91. The fourth-order valence-electron chi connectivity index (χ4n) is 1.73. The van der Waals surface area contributed by atoms with E-state index < -0.39 is 18.5 Å². The van der Waals surface area contributed by atoms with E-state index >= 15 is 0 Å². The van der Waals surface area contributed by atoms with Crippen molar-refractivity contribution in [2.45, 2.75) is 13.3 Å². The van der Waals surface area contributed by atoms with Gasteiger partial charge in [-0.3, -0.25) is 9.59 Å². The smallest absolute Gasteiger partial charge is 0.309 e. The summed E-state index contributed by atoms with van der Waals surface area (Å²) >= 11 is 0. The van der Waals surface area contributed by atoms with Crippen LogP contribution in [-0.4, -0.2) is 36.9 Å². The Morgan fingerprint density at radius 2 is 1.83 bits per heavy atom. The maximum Gasteiger partial charge on any atom is 0.309 e. The van der Waals surface area contributed by atoms with Crippen molar-refractivity contribution in [1.29, 1.82) is 0 Å². The molecule has 1 aromatic heterocycles. The van der Waals surface area contributed by atoms with Crippen molar-refractivity contribution >= 4 is 17.7 Å². The van der Waals surface area contributed by atoms with E-state index in [4.69, 9.17) is 14.2 Å². The number of benzene rings is 1. The van der Waals surface area contributed by atoms with E-state index in [2.05, 4.69) is 15.0 Å². The van der Waals surface area contributed by atoms with Crippen molar-refractivity contribution in [3.8, 4) is 11.5 Å². The summed E-state index contributed by atoms with van der Waals surface area (Å²) in [4.78, 5) is 23.0. The average molecular weight is 334 g/mol. The lowest BCUT2D eigenvalue weighted by atomic mass is 10.3. The second-order valence-corrected chi connectivity index (χ2v) is 4.60. The van der Waals surface area contributed by atoms with Crippen LogP contribution in [0.15, 0.2) is 41.1 Å². The number of aromatic nitrogens is 1. The van der Waals surface area contributed by atoms with Gasteiger partial charge in [0.2, 0.25) is 0 Å². The molecule has 0 atom stereocenters. The first-order chi connectivity index (χ1) is 11.7. The SMILES string of the molecule is CCOc1ccc(OCCC(=O)OCC(=O)Nc2ccon2)cc1. The van der Waals surface area contributed by atoms with Crippen LogP contribution in [0.3, 0.4) is 0 Å². The summed E-state index contributed by atoms with van der Waals surface area (Å²) in [5.74, 6) is 0.605. The Balaban J connectivity index is 1.61. The van der Waals surface area contributed by atoms with Crippen molar-refractivity contribution < 1.29 is 28.3 Å². The van der Waals surface area contributed by atoms with E-state index in [1.807, 2.05) is 6.92 Å². The quantitative estimate of drug-likeness (QED) is 0.700. The standard InChI is InChI=1S/C16H18N2O6/c1-2-21-12-3-5-13(6-4-12)22-9-8-16(20)23-11-15(19)17-14-7-10-24-18-14/h3-7,10H,2,8-9,11H2,1H3,(H,17,18,19). The number of hydrogen-bond acceptors (Lipinski definition) is 7. The maximum atomic E-state index is 11.5. The van der Waals surface area contributed by atoms with Crippen LogP contribution in [-0.2, 0) is 14.3 Å². The number of amides is 1.